The first-order valence-electron chi connectivity index (χ1n) is 7.66. The Morgan fingerprint density at radius 1 is 0.654 bits per heavy atom. The summed E-state index contributed by atoms with van der Waals surface area (Å²) in [5.74, 6) is 0.200. The second-order valence-electron chi connectivity index (χ2n) is 5.64. The Hall–Kier alpha value is -2.64. The number of rotatable bonds is 5. The Balaban J connectivity index is 1.96. The number of sulfone groups is 1. The Labute approximate surface area is 152 Å². The van der Waals surface area contributed by atoms with Crippen LogP contribution in [0.1, 0.15) is 0 Å². The van der Waals surface area contributed by atoms with Gasteiger partial charge >= 0.3 is 10.1 Å². The van der Waals surface area contributed by atoms with Crippen molar-refractivity contribution in [1.29, 1.82) is 0 Å². The Morgan fingerprint density at radius 3 is 1.81 bits per heavy atom. The summed E-state index contributed by atoms with van der Waals surface area (Å²) >= 11 is 0. The average molecular weight is 388 g/mol. The van der Waals surface area contributed by atoms with E-state index in [1.54, 1.807) is 24.3 Å². The minimum absolute atomic E-state index is 0.0427. The predicted octanol–water partition coefficient (Wildman–Crippen LogP) is 3.52. The van der Waals surface area contributed by atoms with Gasteiger partial charge in [0.2, 0.25) is 0 Å². The highest BCUT2D eigenvalue weighted by Gasteiger charge is 2.20. The molecule has 0 spiro atoms. The largest absolute Gasteiger partial charge is 0.378 e. The maximum absolute atomic E-state index is 12.6. The smallest absolute Gasteiger partial charge is 0.339 e. The lowest BCUT2D eigenvalue weighted by Crippen LogP contribution is -2.10. The fourth-order valence-corrected chi connectivity index (χ4v) is 3.99. The maximum atomic E-state index is 12.6. The van der Waals surface area contributed by atoms with Gasteiger partial charge in [0.25, 0.3) is 0 Å². The normalized spacial score (nSPS) is 11.9. The molecule has 0 bridgehead atoms. The van der Waals surface area contributed by atoms with Crippen LogP contribution < -0.4 is 4.18 Å². The zero-order chi connectivity index (χ0) is 18.8. The molecule has 0 atom stereocenters. The Bertz CT molecular complexity index is 1120. The van der Waals surface area contributed by atoms with Gasteiger partial charge in [-0.2, -0.15) is 8.42 Å². The highest BCUT2D eigenvalue weighted by Crippen LogP contribution is 2.31. The van der Waals surface area contributed by atoms with Gasteiger partial charge in [-0.15, -0.1) is 0 Å². The molecular weight excluding hydrogens is 372 g/mol. The lowest BCUT2D eigenvalue weighted by molar-refractivity contribution is 0.486. The van der Waals surface area contributed by atoms with Crippen molar-refractivity contribution >= 4 is 20.0 Å². The summed E-state index contributed by atoms with van der Waals surface area (Å²) in [5.41, 5.74) is 1.47. The van der Waals surface area contributed by atoms with E-state index < -0.39 is 20.0 Å². The number of hydrogen-bond acceptors (Lipinski definition) is 5. The van der Waals surface area contributed by atoms with Crippen molar-refractivity contribution in [3.63, 3.8) is 0 Å². The molecule has 0 N–H and O–H groups in total. The van der Waals surface area contributed by atoms with Gasteiger partial charge in [-0.05, 0) is 35.9 Å². The van der Waals surface area contributed by atoms with E-state index in [2.05, 4.69) is 0 Å². The molecular formula is C19H16O5S2. The monoisotopic (exact) mass is 388 g/mol. The van der Waals surface area contributed by atoms with Crippen molar-refractivity contribution in [3.8, 4) is 16.9 Å². The fourth-order valence-electron chi connectivity index (χ4n) is 2.42. The molecule has 3 aromatic rings. The fraction of sp³-hybridized carbons (Fsp3) is 0.0526. The van der Waals surface area contributed by atoms with E-state index in [1.165, 1.54) is 24.3 Å². The topological polar surface area (TPSA) is 77.5 Å². The van der Waals surface area contributed by atoms with Crippen molar-refractivity contribution in [2.75, 3.05) is 6.26 Å². The molecule has 0 aliphatic rings. The quantitative estimate of drug-likeness (QED) is 0.625. The van der Waals surface area contributed by atoms with Crippen LogP contribution in [0.4, 0.5) is 0 Å². The molecule has 3 rings (SSSR count). The molecule has 3 aromatic carbocycles. The molecule has 0 aromatic heterocycles. The Kier molecular flexibility index (Phi) is 4.84. The van der Waals surface area contributed by atoms with Gasteiger partial charge in [0.15, 0.2) is 15.6 Å². The van der Waals surface area contributed by atoms with Crippen LogP contribution in [0.15, 0.2) is 88.7 Å². The van der Waals surface area contributed by atoms with Gasteiger partial charge < -0.3 is 4.18 Å². The van der Waals surface area contributed by atoms with Gasteiger partial charge in [0, 0.05) is 11.8 Å². The lowest BCUT2D eigenvalue weighted by Gasteiger charge is -2.12. The minimum atomic E-state index is -4.10. The van der Waals surface area contributed by atoms with E-state index in [9.17, 15) is 16.8 Å². The Morgan fingerprint density at radius 2 is 1.19 bits per heavy atom. The molecule has 0 amide bonds. The number of benzene rings is 3. The van der Waals surface area contributed by atoms with E-state index in [-0.39, 0.29) is 15.5 Å². The molecule has 0 radical (unpaired) electrons. The van der Waals surface area contributed by atoms with Crippen LogP contribution in [0.25, 0.3) is 11.1 Å². The van der Waals surface area contributed by atoms with Gasteiger partial charge in [-0.25, -0.2) is 8.42 Å². The maximum Gasteiger partial charge on any atom is 0.339 e. The predicted molar refractivity (Wildman–Crippen MR) is 99.2 cm³/mol. The first kappa shape index (κ1) is 18.2. The molecule has 0 aliphatic carbocycles. The van der Waals surface area contributed by atoms with Crippen LogP contribution in [0.3, 0.4) is 0 Å². The first-order valence-corrected chi connectivity index (χ1v) is 11.0. The van der Waals surface area contributed by atoms with Crippen LogP contribution in [0.2, 0.25) is 0 Å². The average Bonchev–Trinajstić information content (AvgIpc) is 2.62. The lowest BCUT2D eigenvalue weighted by atomic mass is 10.1. The molecule has 7 heteroatoms. The van der Waals surface area contributed by atoms with Gasteiger partial charge in [-0.1, -0.05) is 48.5 Å². The van der Waals surface area contributed by atoms with Crippen LogP contribution in [0, 0.1) is 0 Å². The van der Waals surface area contributed by atoms with Crippen molar-refractivity contribution in [1.82, 2.24) is 0 Å². The SMILES string of the molecule is CS(=O)(=O)c1ccc(S(=O)(=O)Oc2ccccc2-c2ccccc2)cc1. The zero-order valence-electron chi connectivity index (χ0n) is 13.9. The summed E-state index contributed by atoms with van der Waals surface area (Å²) < 4.78 is 53.5. The molecule has 0 heterocycles. The zero-order valence-corrected chi connectivity index (χ0v) is 15.5. The van der Waals surface area contributed by atoms with E-state index in [1.807, 2.05) is 30.3 Å². The summed E-state index contributed by atoms with van der Waals surface area (Å²) in [4.78, 5) is -0.0751. The summed E-state index contributed by atoms with van der Waals surface area (Å²) in [6, 6.07) is 21.0. The van der Waals surface area contributed by atoms with Crippen LogP contribution in [-0.2, 0) is 20.0 Å². The van der Waals surface area contributed by atoms with Crippen molar-refractivity contribution in [2.24, 2.45) is 0 Å². The molecule has 0 fully saturated rings. The molecule has 134 valence electrons. The summed E-state index contributed by atoms with van der Waals surface area (Å²) in [6.45, 7) is 0. The summed E-state index contributed by atoms with van der Waals surface area (Å²) in [6.07, 6.45) is 1.06. The van der Waals surface area contributed by atoms with Gasteiger partial charge in [-0.3, -0.25) is 0 Å². The van der Waals surface area contributed by atoms with Gasteiger partial charge in [0.1, 0.15) is 4.90 Å². The summed E-state index contributed by atoms with van der Waals surface area (Å²) in [7, 11) is -7.50. The van der Waals surface area contributed by atoms with E-state index in [0.717, 1.165) is 11.8 Å². The minimum Gasteiger partial charge on any atom is -0.378 e. The molecule has 0 unspecified atom stereocenters. The number of hydrogen-bond donors (Lipinski definition) is 0. The van der Waals surface area contributed by atoms with Gasteiger partial charge in [0.05, 0.1) is 4.90 Å². The van der Waals surface area contributed by atoms with E-state index >= 15 is 0 Å². The van der Waals surface area contributed by atoms with Crippen LogP contribution in [0.5, 0.6) is 5.75 Å². The standard InChI is InChI=1S/C19H16O5S2/c1-25(20,21)16-11-13-17(14-12-16)26(22,23)24-19-10-6-5-9-18(19)15-7-3-2-4-8-15/h2-14H,1H3. The third-order valence-electron chi connectivity index (χ3n) is 3.71. The summed E-state index contributed by atoms with van der Waals surface area (Å²) in [5, 5.41) is 0. The molecule has 0 aliphatic heterocycles. The highest BCUT2D eigenvalue weighted by atomic mass is 32.2. The third-order valence-corrected chi connectivity index (χ3v) is 6.09. The van der Waals surface area contributed by atoms with Crippen molar-refractivity contribution < 1.29 is 21.0 Å². The van der Waals surface area contributed by atoms with Crippen molar-refractivity contribution in [2.45, 2.75) is 9.79 Å². The molecule has 26 heavy (non-hydrogen) atoms. The van der Waals surface area contributed by atoms with E-state index in [4.69, 9.17) is 4.18 Å². The van der Waals surface area contributed by atoms with Crippen LogP contribution >= 0.6 is 0 Å². The second kappa shape index (κ2) is 6.93. The first-order chi connectivity index (χ1) is 12.3. The van der Waals surface area contributed by atoms with E-state index in [0.29, 0.717) is 5.56 Å². The number of para-hydroxylation sites is 1. The molecule has 0 saturated heterocycles. The molecule has 5 nitrogen and oxygen atoms in total. The highest BCUT2D eigenvalue weighted by molar-refractivity contribution is 7.90. The third kappa shape index (κ3) is 3.95. The second-order valence-corrected chi connectivity index (χ2v) is 9.21. The van der Waals surface area contributed by atoms with Crippen molar-refractivity contribution in [3.05, 3.63) is 78.9 Å². The molecule has 0 saturated carbocycles. The van der Waals surface area contributed by atoms with Crippen LogP contribution in [-0.4, -0.2) is 23.1 Å².